The van der Waals surface area contributed by atoms with Crippen LogP contribution in [0.4, 0.5) is 8.78 Å². The molecule has 1 fully saturated rings. The van der Waals surface area contributed by atoms with Crippen LogP contribution in [0.3, 0.4) is 0 Å². The smallest absolute Gasteiger partial charge is 0.445 e. The summed E-state index contributed by atoms with van der Waals surface area (Å²) in [4.78, 5) is 24.7. The van der Waals surface area contributed by atoms with Gasteiger partial charge in [-0.05, 0) is 56.2 Å². The molecule has 0 aliphatic heterocycles. The van der Waals surface area contributed by atoms with Gasteiger partial charge in [-0.2, -0.15) is 8.78 Å². The highest BCUT2D eigenvalue weighted by molar-refractivity contribution is 8.98. The number of hydrogen-bond acceptors (Lipinski definition) is 5. The monoisotopic (exact) mass is 592 g/mol. The molecule has 1 aliphatic carbocycles. The summed E-state index contributed by atoms with van der Waals surface area (Å²) in [6.45, 7) is 4.94. The van der Waals surface area contributed by atoms with Crippen LogP contribution in [0.15, 0.2) is 118 Å². The SMILES string of the molecule is C=C(C)C(=O)OC1CCC(OC(=O)C(F)(F)S(=O)(O)(O)S(c2ccccc2)(c2ccccc2)c2ccccc2)C1. The fraction of sp³-hybridized carbons (Fsp3) is 0.241. The average Bonchev–Trinajstić information content (AvgIpc) is 3.36. The third kappa shape index (κ3) is 4.87. The quantitative estimate of drug-likeness (QED) is 0.159. The maximum absolute atomic E-state index is 16.3. The van der Waals surface area contributed by atoms with E-state index in [2.05, 4.69) is 6.58 Å². The van der Waals surface area contributed by atoms with Gasteiger partial charge in [-0.3, -0.25) is 9.11 Å². The number of rotatable bonds is 9. The van der Waals surface area contributed by atoms with Gasteiger partial charge in [0, 0.05) is 26.7 Å². The Morgan fingerprint density at radius 3 is 1.57 bits per heavy atom. The van der Waals surface area contributed by atoms with Crippen LogP contribution in [0.5, 0.6) is 0 Å². The van der Waals surface area contributed by atoms with E-state index in [0.717, 1.165) is 0 Å². The topological polar surface area (TPSA) is 110 Å². The maximum atomic E-state index is 16.3. The Hall–Kier alpha value is -3.38. The second-order valence-electron chi connectivity index (χ2n) is 9.46. The van der Waals surface area contributed by atoms with Crippen molar-refractivity contribution in [3.05, 3.63) is 103 Å². The first-order chi connectivity index (χ1) is 18.8. The second kappa shape index (κ2) is 10.9. The molecule has 2 N–H and O–H groups in total. The summed E-state index contributed by atoms with van der Waals surface area (Å²) in [5.74, 6) is -3.01. The minimum Gasteiger partial charge on any atom is -0.459 e. The number of alkyl halides is 2. The zero-order valence-electron chi connectivity index (χ0n) is 21.7. The molecule has 0 aromatic heterocycles. The van der Waals surface area contributed by atoms with Crippen LogP contribution < -0.4 is 0 Å². The van der Waals surface area contributed by atoms with E-state index in [-0.39, 0.29) is 39.5 Å². The summed E-state index contributed by atoms with van der Waals surface area (Å²) in [5, 5.41) is -5.26. The fourth-order valence-corrected chi connectivity index (χ4v) is 14.0. The first-order valence-electron chi connectivity index (χ1n) is 12.4. The molecule has 2 atom stereocenters. The van der Waals surface area contributed by atoms with Crippen LogP contribution in [-0.4, -0.2) is 42.7 Å². The third-order valence-electron chi connectivity index (χ3n) is 6.58. The molecule has 0 amide bonds. The lowest BCUT2D eigenvalue weighted by atomic mass is 10.3. The van der Waals surface area contributed by atoms with Crippen molar-refractivity contribution in [1.29, 1.82) is 0 Å². The van der Waals surface area contributed by atoms with Crippen molar-refractivity contribution in [2.24, 2.45) is 0 Å². The molecule has 0 saturated heterocycles. The van der Waals surface area contributed by atoms with Crippen molar-refractivity contribution in [3.8, 4) is 0 Å². The summed E-state index contributed by atoms with van der Waals surface area (Å²) in [6, 6.07) is 22.0. The Bertz CT molecular complexity index is 1360. The molecule has 4 rings (SSSR count). The Balaban J connectivity index is 1.82. The van der Waals surface area contributed by atoms with Crippen LogP contribution >= 0.6 is 9.06 Å². The lowest BCUT2D eigenvalue weighted by molar-refractivity contribution is -0.168. The Kier molecular flexibility index (Phi) is 8.06. The number of halogens is 2. The number of benzene rings is 3. The van der Waals surface area contributed by atoms with Gasteiger partial charge in [0.2, 0.25) is 0 Å². The van der Waals surface area contributed by atoms with Gasteiger partial charge in [0.15, 0.2) is 8.66 Å². The Morgan fingerprint density at radius 2 is 1.20 bits per heavy atom. The predicted molar refractivity (Wildman–Crippen MR) is 148 cm³/mol. The molecule has 0 spiro atoms. The van der Waals surface area contributed by atoms with Crippen molar-refractivity contribution in [1.82, 2.24) is 0 Å². The maximum Gasteiger partial charge on any atom is 0.445 e. The van der Waals surface area contributed by atoms with E-state index in [1.54, 1.807) is 18.2 Å². The van der Waals surface area contributed by atoms with Crippen LogP contribution in [0.2, 0.25) is 0 Å². The van der Waals surface area contributed by atoms with E-state index in [4.69, 9.17) is 9.47 Å². The van der Waals surface area contributed by atoms with Gasteiger partial charge >= 0.3 is 17.2 Å². The van der Waals surface area contributed by atoms with Crippen LogP contribution in [-0.2, 0) is 27.7 Å². The van der Waals surface area contributed by atoms with Crippen molar-refractivity contribution in [2.45, 2.75) is 58.3 Å². The molecule has 7 nitrogen and oxygen atoms in total. The van der Waals surface area contributed by atoms with Gasteiger partial charge in [0.25, 0.3) is 0 Å². The molecule has 214 valence electrons. The minimum atomic E-state index is -7.37. The highest BCUT2D eigenvalue weighted by Crippen LogP contribution is 2.82. The van der Waals surface area contributed by atoms with Gasteiger partial charge < -0.3 is 9.47 Å². The zero-order valence-corrected chi connectivity index (χ0v) is 23.3. The molecule has 1 saturated carbocycles. The summed E-state index contributed by atoms with van der Waals surface area (Å²) in [6.07, 6.45) is -1.61. The van der Waals surface area contributed by atoms with Crippen molar-refractivity contribution < 1.29 is 41.2 Å². The van der Waals surface area contributed by atoms with Gasteiger partial charge in [-0.25, -0.2) is 13.8 Å². The van der Waals surface area contributed by atoms with Crippen LogP contribution in [0.1, 0.15) is 26.2 Å². The van der Waals surface area contributed by atoms with Gasteiger partial charge in [0.05, 0.1) is 0 Å². The average molecular weight is 593 g/mol. The normalized spacial score (nSPS) is 19.2. The molecule has 2 unspecified atom stereocenters. The largest absolute Gasteiger partial charge is 0.459 e. The van der Waals surface area contributed by atoms with Gasteiger partial charge in [0.1, 0.15) is 12.2 Å². The molecule has 3 aromatic carbocycles. The molecule has 0 heterocycles. The molecular formula is C29H30F2O7S2. The van der Waals surface area contributed by atoms with Crippen LogP contribution in [0, 0.1) is 0 Å². The van der Waals surface area contributed by atoms with E-state index in [1.165, 1.54) is 79.7 Å². The lowest BCUT2D eigenvalue weighted by Crippen LogP contribution is -2.57. The first kappa shape index (κ1) is 29.6. The molecule has 0 bridgehead atoms. The number of carbonyl (C=O) groups excluding carboxylic acids is 2. The summed E-state index contributed by atoms with van der Waals surface area (Å²) < 4.78 is 80.7. The van der Waals surface area contributed by atoms with Gasteiger partial charge in [-0.1, -0.05) is 70.2 Å². The van der Waals surface area contributed by atoms with Crippen molar-refractivity contribution >= 4 is 29.7 Å². The van der Waals surface area contributed by atoms with E-state index >= 15 is 8.78 Å². The molecule has 0 radical (unpaired) electrons. The van der Waals surface area contributed by atoms with E-state index < -0.39 is 47.1 Å². The number of ether oxygens (including phenoxy) is 2. The Morgan fingerprint density at radius 1 is 0.825 bits per heavy atom. The number of hydrogen-bond donors (Lipinski definition) is 2. The number of esters is 2. The van der Waals surface area contributed by atoms with Gasteiger partial charge in [-0.15, -0.1) is 0 Å². The highest BCUT2D eigenvalue weighted by Gasteiger charge is 2.74. The fourth-order valence-electron chi connectivity index (χ4n) is 4.65. The predicted octanol–water partition coefficient (Wildman–Crippen LogP) is 6.83. The third-order valence-corrected chi connectivity index (χ3v) is 16.4. The summed E-state index contributed by atoms with van der Waals surface area (Å²) in [5.41, 5.74) is 0.150. The van der Waals surface area contributed by atoms with Crippen molar-refractivity contribution in [3.63, 3.8) is 0 Å². The summed E-state index contributed by atoms with van der Waals surface area (Å²) in [7, 11) is -11.5. The van der Waals surface area contributed by atoms with E-state index in [9.17, 15) is 22.9 Å². The molecule has 3 aromatic rings. The van der Waals surface area contributed by atoms with E-state index in [1.807, 2.05) is 0 Å². The van der Waals surface area contributed by atoms with Crippen LogP contribution in [0.25, 0.3) is 0 Å². The molecule has 1 aliphatic rings. The van der Waals surface area contributed by atoms with E-state index in [0.29, 0.717) is 0 Å². The standard InChI is InChI=1S/C29H30F2O7S2/c1-21(2)27(32)37-22-18-19-23(20-22)38-28(33)29(30,31)40(34,35,36)39(24-12-6-3-7-13-24,25-14-8-4-9-15-25)26-16-10-5-11-17-26/h3-17,22-23H,1,18-20H2,2H3,(H2,34,35,36). The molecule has 40 heavy (non-hydrogen) atoms. The van der Waals surface area contributed by atoms with Crippen molar-refractivity contribution in [2.75, 3.05) is 0 Å². The molecular weight excluding hydrogens is 562 g/mol. The first-order valence-corrected chi connectivity index (χ1v) is 16.4. The Labute approximate surface area is 232 Å². The second-order valence-corrected chi connectivity index (χ2v) is 17.4. The summed E-state index contributed by atoms with van der Waals surface area (Å²) >= 11 is 0. The minimum absolute atomic E-state index is 0.0606. The lowest BCUT2D eigenvalue weighted by Gasteiger charge is -2.55. The highest BCUT2D eigenvalue weighted by atomic mass is 33.2. The zero-order chi connectivity index (χ0) is 29.2. The molecule has 11 heteroatoms. The number of carbonyl (C=O) groups is 2.